The summed E-state index contributed by atoms with van der Waals surface area (Å²) in [6.07, 6.45) is 3.92. The molecule has 0 radical (unpaired) electrons. The molecule has 5 heteroatoms. The van der Waals surface area contributed by atoms with Gasteiger partial charge in [-0.05, 0) is 56.5 Å². The van der Waals surface area contributed by atoms with E-state index in [1.54, 1.807) is 0 Å². The van der Waals surface area contributed by atoms with Crippen LogP contribution in [0, 0.1) is 5.92 Å². The second-order valence-corrected chi connectivity index (χ2v) is 5.48. The minimum Gasteiger partial charge on any atom is -0.326 e. The van der Waals surface area contributed by atoms with Crippen LogP contribution in [0.5, 0.6) is 0 Å². The van der Waals surface area contributed by atoms with E-state index < -0.39 is 0 Å². The molecule has 1 aliphatic carbocycles. The van der Waals surface area contributed by atoms with E-state index in [0.29, 0.717) is 0 Å². The maximum absolute atomic E-state index is 11.9. The first-order valence-electron chi connectivity index (χ1n) is 7.17. The quantitative estimate of drug-likeness (QED) is 0.782. The van der Waals surface area contributed by atoms with Gasteiger partial charge in [-0.2, -0.15) is 0 Å². The smallest absolute Gasteiger partial charge is 0.241 e. The first kappa shape index (κ1) is 13.1. The number of carbonyl (C=O) groups is 2. The lowest BCUT2D eigenvalue weighted by Crippen LogP contribution is -2.35. The molecule has 1 saturated carbocycles. The van der Waals surface area contributed by atoms with Gasteiger partial charge >= 0.3 is 0 Å². The number of nitrogens with one attached hydrogen (secondary N) is 3. The summed E-state index contributed by atoms with van der Waals surface area (Å²) in [7, 11) is 0. The van der Waals surface area contributed by atoms with Gasteiger partial charge < -0.3 is 16.0 Å². The summed E-state index contributed by atoms with van der Waals surface area (Å²) < 4.78 is 0. The molecule has 0 spiro atoms. The van der Waals surface area contributed by atoms with E-state index in [4.69, 9.17) is 0 Å². The molecule has 1 aliphatic heterocycles. The van der Waals surface area contributed by atoms with Gasteiger partial charge in [-0.15, -0.1) is 0 Å². The topological polar surface area (TPSA) is 70.2 Å². The highest BCUT2D eigenvalue weighted by Gasteiger charge is 2.29. The van der Waals surface area contributed by atoms with Crippen molar-refractivity contribution in [2.75, 3.05) is 17.2 Å². The number of carbonyl (C=O) groups excluding carboxylic acids is 2. The van der Waals surface area contributed by atoms with Crippen LogP contribution < -0.4 is 16.0 Å². The van der Waals surface area contributed by atoms with Gasteiger partial charge in [-0.3, -0.25) is 9.59 Å². The Bertz CT molecular complexity index is 502. The van der Waals surface area contributed by atoms with Gasteiger partial charge in [0.1, 0.15) is 0 Å². The standard InChI is InChI=1S/C15H19N3O2/c19-14(10-3-4-10)17-11-5-7-12(8-6-11)18-15(20)13-2-1-9-16-13/h5-8,10,13,16H,1-4,9H2,(H,17,19)(H,18,20)/t13-/m1/s1. The van der Waals surface area contributed by atoms with Crippen LogP contribution in [0.4, 0.5) is 11.4 Å². The van der Waals surface area contributed by atoms with Gasteiger partial charge in [-0.25, -0.2) is 0 Å². The minimum atomic E-state index is -0.0794. The first-order chi connectivity index (χ1) is 9.72. The zero-order valence-electron chi connectivity index (χ0n) is 11.3. The summed E-state index contributed by atoms with van der Waals surface area (Å²) in [5.41, 5.74) is 1.53. The van der Waals surface area contributed by atoms with Gasteiger partial charge in [0.25, 0.3) is 0 Å². The summed E-state index contributed by atoms with van der Waals surface area (Å²) in [4.78, 5) is 23.6. The highest BCUT2D eigenvalue weighted by molar-refractivity contribution is 5.96. The monoisotopic (exact) mass is 273 g/mol. The molecule has 106 valence electrons. The van der Waals surface area contributed by atoms with Crippen LogP contribution in [-0.2, 0) is 9.59 Å². The molecule has 2 amide bonds. The van der Waals surface area contributed by atoms with Gasteiger partial charge in [-0.1, -0.05) is 0 Å². The summed E-state index contributed by atoms with van der Waals surface area (Å²) >= 11 is 0. The largest absolute Gasteiger partial charge is 0.326 e. The Hall–Kier alpha value is -1.88. The molecule has 3 N–H and O–H groups in total. The SMILES string of the molecule is O=C(Nc1ccc(NC(=O)[C@H]2CCCN2)cc1)C1CC1. The van der Waals surface area contributed by atoms with Crippen LogP contribution in [0.25, 0.3) is 0 Å². The van der Waals surface area contributed by atoms with Crippen LogP contribution in [0.3, 0.4) is 0 Å². The van der Waals surface area contributed by atoms with E-state index in [1.807, 2.05) is 24.3 Å². The fraction of sp³-hybridized carbons (Fsp3) is 0.467. The van der Waals surface area contributed by atoms with E-state index in [0.717, 1.165) is 43.6 Å². The van der Waals surface area contributed by atoms with Crippen LogP contribution in [0.1, 0.15) is 25.7 Å². The van der Waals surface area contributed by atoms with Crippen molar-refractivity contribution in [1.82, 2.24) is 5.32 Å². The van der Waals surface area contributed by atoms with E-state index >= 15 is 0 Å². The predicted molar refractivity (Wildman–Crippen MR) is 77.5 cm³/mol. The Labute approximate surface area is 118 Å². The van der Waals surface area contributed by atoms with E-state index in [2.05, 4.69) is 16.0 Å². The van der Waals surface area contributed by atoms with Crippen molar-refractivity contribution in [2.24, 2.45) is 5.92 Å². The molecular weight excluding hydrogens is 254 g/mol. The van der Waals surface area contributed by atoms with Crippen LogP contribution in [0.15, 0.2) is 24.3 Å². The number of anilines is 2. The molecule has 1 aromatic carbocycles. The van der Waals surface area contributed by atoms with Crippen LogP contribution >= 0.6 is 0 Å². The molecule has 20 heavy (non-hydrogen) atoms. The van der Waals surface area contributed by atoms with Gasteiger partial charge in [0.15, 0.2) is 0 Å². The molecule has 5 nitrogen and oxygen atoms in total. The predicted octanol–water partition coefficient (Wildman–Crippen LogP) is 1.73. The maximum Gasteiger partial charge on any atom is 0.241 e. The molecule has 1 saturated heterocycles. The average molecular weight is 273 g/mol. The van der Waals surface area contributed by atoms with E-state index in [1.165, 1.54) is 0 Å². The van der Waals surface area contributed by atoms with Crippen molar-refractivity contribution in [2.45, 2.75) is 31.7 Å². The van der Waals surface area contributed by atoms with E-state index in [-0.39, 0.29) is 23.8 Å². The number of hydrogen-bond acceptors (Lipinski definition) is 3. The molecule has 0 aromatic heterocycles. The van der Waals surface area contributed by atoms with Crippen molar-refractivity contribution in [1.29, 1.82) is 0 Å². The highest BCUT2D eigenvalue weighted by atomic mass is 16.2. The normalized spacial score (nSPS) is 21.5. The molecule has 0 bridgehead atoms. The van der Waals surface area contributed by atoms with Crippen LogP contribution in [-0.4, -0.2) is 24.4 Å². The van der Waals surface area contributed by atoms with Crippen LogP contribution in [0.2, 0.25) is 0 Å². The number of amides is 2. The van der Waals surface area contributed by atoms with Gasteiger partial charge in [0.05, 0.1) is 6.04 Å². The summed E-state index contributed by atoms with van der Waals surface area (Å²) in [5.74, 6) is 0.303. The van der Waals surface area contributed by atoms with Crippen molar-refractivity contribution in [3.05, 3.63) is 24.3 Å². The molecule has 2 aliphatic rings. The second kappa shape index (κ2) is 5.63. The number of benzene rings is 1. The molecule has 1 aromatic rings. The lowest BCUT2D eigenvalue weighted by Gasteiger charge is -2.11. The third kappa shape index (κ3) is 3.17. The number of hydrogen-bond donors (Lipinski definition) is 3. The Morgan fingerprint density at radius 3 is 2.05 bits per heavy atom. The number of rotatable bonds is 4. The molecule has 2 fully saturated rings. The van der Waals surface area contributed by atoms with Gasteiger partial charge in [0.2, 0.25) is 11.8 Å². The lowest BCUT2D eigenvalue weighted by atomic mass is 10.2. The van der Waals surface area contributed by atoms with Crippen molar-refractivity contribution in [3.8, 4) is 0 Å². The molecule has 3 rings (SSSR count). The Kier molecular flexibility index (Phi) is 3.69. The summed E-state index contributed by atoms with van der Waals surface area (Å²) in [6.45, 7) is 0.907. The van der Waals surface area contributed by atoms with Crippen molar-refractivity contribution < 1.29 is 9.59 Å². The highest BCUT2D eigenvalue weighted by Crippen LogP contribution is 2.30. The lowest BCUT2D eigenvalue weighted by molar-refractivity contribution is -0.118. The van der Waals surface area contributed by atoms with E-state index in [9.17, 15) is 9.59 Å². The Balaban J connectivity index is 1.55. The maximum atomic E-state index is 11.9. The van der Waals surface area contributed by atoms with Gasteiger partial charge in [0, 0.05) is 17.3 Å². The zero-order valence-corrected chi connectivity index (χ0v) is 11.3. The Morgan fingerprint density at radius 1 is 0.950 bits per heavy atom. The summed E-state index contributed by atoms with van der Waals surface area (Å²) in [6, 6.07) is 7.19. The molecule has 1 heterocycles. The fourth-order valence-electron chi connectivity index (χ4n) is 2.36. The van der Waals surface area contributed by atoms with Crippen molar-refractivity contribution in [3.63, 3.8) is 0 Å². The average Bonchev–Trinajstić information content (AvgIpc) is 3.16. The summed E-state index contributed by atoms with van der Waals surface area (Å²) in [5, 5.41) is 8.93. The fourth-order valence-corrected chi connectivity index (χ4v) is 2.36. The molecule has 0 unspecified atom stereocenters. The zero-order chi connectivity index (χ0) is 13.9. The third-order valence-corrected chi connectivity index (χ3v) is 3.74. The third-order valence-electron chi connectivity index (χ3n) is 3.74. The molecule has 1 atom stereocenters. The molecular formula is C15H19N3O2. The second-order valence-electron chi connectivity index (χ2n) is 5.48. The van der Waals surface area contributed by atoms with Crippen molar-refractivity contribution >= 4 is 23.2 Å². The minimum absolute atomic E-state index is 0.0114. The first-order valence-corrected chi connectivity index (χ1v) is 7.17. The Morgan fingerprint density at radius 2 is 1.55 bits per heavy atom.